The van der Waals surface area contributed by atoms with Crippen LogP contribution in [0.1, 0.15) is 38.3 Å². The van der Waals surface area contributed by atoms with Crippen molar-refractivity contribution >= 4 is 23.6 Å². The molecule has 0 aliphatic carbocycles. The summed E-state index contributed by atoms with van der Waals surface area (Å²) >= 11 is 1.62. The van der Waals surface area contributed by atoms with Crippen molar-refractivity contribution in [3.05, 3.63) is 65.5 Å². The number of nitrogens with one attached hydrogen (secondary N) is 1. The molecule has 1 N–H and O–H groups in total. The molecule has 4 nitrogen and oxygen atoms in total. The van der Waals surface area contributed by atoms with Crippen LogP contribution in [0.3, 0.4) is 0 Å². The van der Waals surface area contributed by atoms with E-state index in [0.29, 0.717) is 12.2 Å². The lowest BCUT2D eigenvalue weighted by Gasteiger charge is -2.29. The number of halogens is 1. The minimum Gasteiger partial charge on any atom is -0.352 e. The molecule has 2 aromatic rings. The second-order valence-corrected chi connectivity index (χ2v) is 8.57. The number of rotatable bonds is 9. The van der Waals surface area contributed by atoms with E-state index < -0.39 is 6.04 Å². The average Bonchev–Trinajstić information content (AvgIpc) is 2.68. The molecule has 0 aliphatic heterocycles. The van der Waals surface area contributed by atoms with E-state index in [9.17, 15) is 14.0 Å². The highest BCUT2D eigenvalue weighted by molar-refractivity contribution is 7.99. The number of benzene rings is 2. The Morgan fingerprint density at radius 1 is 1.03 bits per heavy atom. The van der Waals surface area contributed by atoms with Crippen molar-refractivity contribution in [2.24, 2.45) is 0 Å². The minimum absolute atomic E-state index is 0.00943. The molecule has 6 heteroatoms. The number of carbonyl (C=O) groups is 2. The van der Waals surface area contributed by atoms with Gasteiger partial charge in [0.15, 0.2) is 0 Å². The first-order chi connectivity index (χ1) is 13.8. The first kappa shape index (κ1) is 22.9. The number of carbonyl (C=O) groups excluding carboxylic acids is 2. The predicted molar refractivity (Wildman–Crippen MR) is 116 cm³/mol. The number of hydrogen-bond donors (Lipinski definition) is 1. The Bertz CT molecular complexity index is 807. The maximum atomic E-state index is 13.2. The Kier molecular flexibility index (Phi) is 8.70. The molecule has 29 heavy (non-hydrogen) atoms. The molecule has 0 fully saturated rings. The van der Waals surface area contributed by atoms with Gasteiger partial charge in [-0.1, -0.05) is 29.8 Å². The van der Waals surface area contributed by atoms with Gasteiger partial charge in [0.25, 0.3) is 0 Å². The van der Waals surface area contributed by atoms with Crippen LogP contribution >= 0.6 is 11.8 Å². The van der Waals surface area contributed by atoms with E-state index in [1.807, 2.05) is 45.0 Å². The summed E-state index contributed by atoms with van der Waals surface area (Å²) in [5, 5.41) is 2.86. The van der Waals surface area contributed by atoms with Crippen LogP contribution < -0.4 is 5.32 Å². The Labute approximate surface area is 176 Å². The number of aryl methyl sites for hydroxylation is 1. The lowest BCUT2D eigenvalue weighted by molar-refractivity contribution is -0.140. The quantitative estimate of drug-likeness (QED) is 0.610. The predicted octanol–water partition coefficient (Wildman–Crippen LogP) is 4.56. The molecule has 2 amide bonds. The van der Waals surface area contributed by atoms with Crippen LogP contribution in [0.5, 0.6) is 0 Å². The third-order valence-corrected chi connectivity index (χ3v) is 5.48. The summed E-state index contributed by atoms with van der Waals surface area (Å²) in [5.41, 5.74) is 1.98. The summed E-state index contributed by atoms with van der Waals surface area (Å²) in [6.45, 7) is 7.80. The molecule has 0 radical (unpaired) electrons. The van der Waals surface area contributed by atoms with Gasteiger partial charge in [0.1, 0.15) is 11.9 Å². The molecule has 0 aromatic heterocycles. The van der Waals surface area contributed by atoms with Gasteiger partial charge in [0, 0.05) is 29.7 Å². The molecular formula is C23H29FN2O2S. The molecule has 2 rings (SSSR count). The van der Waals surface area contributed by atoms with E-state index in [1.165, 1.54) is 17.7 Å². The van der Waals surface area contributed by atoms with E-state index in [1.54, 1.807) is 35.7 Å². The fourth-order valence-electron chi connectivity index (χ4n) is 2.81. The second-order valence-electron chi connectivity index (χ2n) is 7.40. The summed E-state index contributed by atoms with van der Waals surface area (Å²) in [5.74, 6) is 0.00840. The SMILES string of the molecule is Cc1ccc(SCCC(=O)N(Cc2ccc(F)cc2)[C@@H](C)C(=O)NC(C)C)cc1. The summed E-state index contributed by atoms with van der Waals surface area (Å²) in [4.78, 5) is 28.1. The van der Waals surface area contributed by atoms with E-state index in [0.717, 1.165) is 10.5 Å². The van der Waals surface area contributed by atoms with E-state index in [2.05, 4.69) is 5.32 Å². The smallest absolute Gasteiger partial charge is 0.242 e. The number of amides is 2. The molecule has 0 aliphatic rings. The highest BCUT2D eigenvalue weighted by Crippen LogP contribution is 2.20. The Morgan fingerprint density at radius 3 is 2.24 bits per heavy atom. The van der Waals surface area contributed by atoms with Crippen LogP contribution in [0.2, 0.25) is 0 Å². The largest absolute Gasteiger partial charge is 0.352 e. The lowest BCUT2D eigenvalue weighted by atomic mass is 10.1. The van der Waals surface area contributed by atoms with Crippen LogP contribution in [0.15, 0.2) is 53.4 Å². The molecule has 0 saturated heterocycles. The van der Waals surface area contributed by atoms with Gasteiger partial charge in [-0.15, -0.1) is 11.8 Å². The third kappa shape index (κ3) is 7.54. The molecule has 1 atom stereocenters. The minimum atomic E-state index is -0.612. The maximum Gasteiger partial charge on any atom is 0.242 e. The molecule has 0 heterocycles. The van der Waals surface area contributed by atoms with Crippen LogP contribution in [-0.2, 0) is 16.1 Å². The zero-order chi connectivity index (χ0) is 21.4. The molecule has 0 spiro atoms. The van der Waals surface area contributed by atoms with Crippen LogP contribution in [0.4, 0.5) is 4.39 Å². The molecular weight excluding hydrogens is 387 g/mol. The molecule has 0 bridgehead atoms. The Morgan fingerprint density at radius 2 is 1.66 bits per heavy atom. The van der Waals surface area contributed by atoms with Crippen molar-refractivity contribution in [3.8, 4) is 0 Å². The third-order valence-electron chi connectivity index (χ3n) is 4.47. The first-order valence-electron chi connectivity index (χ1n) is 9.80. The topological polar surface area (TPSA) is 49.4 Å². The lowest BCUT2D eigenvalue weighted by Crippen LogP contribution is -2.49. The van der Waals surface area contributed by atoms with E-state index in [-0.39, 0.29) is 30.2 Å². The van der Waals surface area contributed by atoms with Gasteiger partial charge in [-0.3, -0.25) is 9.59 Å². The monoisotopic (exact) mass is 416 g/mol. The van der Waals surface area contributed by atoms with Crippen molar-refractivity contribution in [1.29, 1.82) is 0 Å². The van der Waals surface area contributed by atoms with Crippen molar-refractivity contribution in [1.82, 2.24) is 10.2 Å². The molecule has 0 unspecified atom stereocenters. The van der Waals surface area contributed by atoms with E-state index >= 15 is 0 Å². The van der Waals surface area contributed by atoms with Gasteiger partial charge in [0.2, 0.25) is 11.8 Å². The van der Waals surface area contributed by atoms with Gasteiger partial charge >= 0.3 is 0 Å². The summed E-state index contributed by atoms with van der Waals surface area (Å²) < 4.78 is 13.2. The zero-order valence-electron chi connectivity index (χ0n) is 17.4. The first-order valence-corrected chi connectivity index (χ1v) is 10.8. The Balaban J connectivity index is 2.05. The maximum absolute atomic E-state index is 13.2. The molecule has 156 valence electrons. The van der Waals surface area contributed by atoms with Crippen molar-refractivity contribution in [2.45, 2.75) is 57.6 Å². The van der Waals surface area contributed by atoms with Gasteiger partial charge in [-0.05, 0) is 57.5 Å². The zero-order valence-corrected chi connectivity index (χ0v) is 18.3. The fourth-order valence-corrected chi connectivity index (χ4v) is 3.65. The normalized spacial score (nSPS) is 11.9. The van der Waals surface area contributed by atoms with E-state index in [4.69, 9.17) is 0 Å². The van der Waals surface area contributed by atoms with Crippen LogP contribution in [-0.4, -0.2) is 34.6 Å². The summed E-state index contributed by atoms with van der Waals surface area (Å²) in [6, 6.07) is 13.6. The average molecular weight is 417 g/mol. The van der Waals surface area contributed by atoms with Gasteiger partial charge in [-0.2, -0.15) is 0 Å². The number of nitrogens with zero attached hydrogens (tertiary/aromatic N) is 1. The van der Waals surface area contributed by atoms with Gasteiger partial charge < -0.3 is 10.2 Å². The van der Waals surface area contributed by atoms with Gasteiger partial charge in [0.05, 0.1) is 0 Å². The molecule has 2 aromatic carbocycles. The van der Waals surface area contributed by atoms with Crippen LogP contribution in [0.25, 0.3) is 0 Å². The van der Waals surface area contributed by atoms with Crippen molar-refractivity contribution < 1.29 is 14.0 Å². The number of thioether (sulfide) groups is 1. The van der Waals surface area contributed by atoms with Crippen molar-refractivity contribution in [2.75, 3.05) is 5.75 Å². The highest BCUT2D eigenvalue weighted by atomic mass is 32.2. The number of hydrogen-bond acceptors (Lipinski definition) is 3. The standard InChI is InChI=1S/C23H29FN2O2S/c1-16(2)25-23(28)18(4)26(15-19-7-9-20(24)10-8-19)22(27)13-14-29-21-11-5-17(3)6-12-21/h5-12,16,18H,13-15H2,1-4H3,(H,25,28)/t18-/m0/s1. The highest BCUT2D eigenvalue weighted by Gasteiger charge is 2.26. The fraction of sp³-hybridized carbons (Fsp3) is 0.391. The van der Waals surface area contributed by atoms with Crippen LogP contribution in [0, 0.1) is 12.7 Å². The van der Waals surface area contributed by atoms with Crippen molar-refractivity contribution in [3.63, 3.8) is 0 Å². The second kappa shape index (κ2) is 11.0. The molecule has 0 saturated carbocycles. The summed E-state index contributed by atoms with van der Waals surface area (Å²) in [6.07, 6.45) is 0.318. The van der Waals surface area contributed by atoms with Gasteiger partial charge in [-0.25, -0.2) is 4.39 Å². The summed E-state index contributed by atoms with van der Waals surface area (Å²) in [7, 11) is 0. The Hall–Kier alpha value is -2.34.